The van der Waals surface area contributed by atoms with Gasteiger partial charge in [0, 0.05) is 13.1 Å². The van der Waals surface area contributed by atoms with Gasteiger partial charge in [0.25, 0.3) is 5.91 Å². The maximum absolute atomic E-state index is 11.8. The Hall–Kier alpha value is -1.44. The zero-order chi connectivity index (χ0) is 11.8. The summed E-state index contributed by atoms with van der Waals surface area (Å²) in [5, 5.41) is 6.75. The second-order valence-corrected chi connectivity index (χ2v) is 5.99. The number of carbonyl (C=O) groups excluding carboxylic acids is 1. The minimum absolute atomic E-state index is 0.0144. The average molecular weight is 245 g/mol. The molecule has 2 rings (SSSR count). The van der Waals surface area contributed by atoms with Gasteiger partial charge in [-0.2, -0.15) is 0 Å². The Labute approximate surface area is 92.3 Å². The summed E-state index contributed by atoms with van der Waals surface area (Å²) < 4.78 is 26.9. The number of nitrogens with zero attached hydrogens (tertiary/aromatic N) is 3. The molecule has 1 aromatic rings. The lowest BCUT2D eigenvalue weighted by Crippen LogP contribution is -2.37. The lowest BCUT2D eigenvalue weighted by molar-refractivity contribution is 0.0736. The fraction of sp³-hybridized carbons (Fsp3) is 0.625. The van der Waals surface area contributed by atoms with Crippen molar-refractivity contribution in [2.45, 2.75) is 12.5 Å². The molecule has 1 fully saturated rings. The summed E-state index contributed by atoms with van der Waals surface area (Å²) >= 11 is 0. The van der Waals surface area contributed by atoms with E-state index in [-0.39, 0.29) is 29.1 Å². The summed E-state index contributed by atoms with van der Waals surface area (Å²) in [6, 6.07) is -0.283. The van der Waals surface area contributed by atoms with Crippen molar-refractivity contribution < 1.29 is 17.8 Å². The van der Waals surface area contributed by atoms with Crippen molar-refractivity contribution in [3.8, 4) is 0 Å². The third-order valence-corrected chi connectivity index (χ3v) is 4.41. The van der Waals surface area contributed by atoms with E-state index in [0.717, 1.165) is 0 Å². The van der Waals surface area contributed by atoms with Crippen LogP contribution in [-0.4, -0.2) is 54.1 Å². The first kappa shape index (κ1) is 11.1. The Morgan fingerprint density at radius 3 is 2.88 bits per heavy atom. The largest absolute Gasteiger partial charge is 0.336 e. The molecule has 0 N–H and O–H groups in total. The molecular formula is C8H11N3O4S. The summed E-state index contributed by atoms with van der Waals surface area (Å²) in [4.78, 5) is 13.2. The number of hydrogen-bond donors (Lipinski definition) is 0. The van der Waals surface area contributed by atoms with Gasteiger partial charge in [-0.15, -0.1) is 0 Å². The van der Waals surface area contributed by atoms with Gasteiger partial charge in [-0.05, 0) is 11.6 Å². The number of amides is 1. The van der Waals surface area contributed by atoms with E-state index in [1.807, 2.05) is 0 Å². The maximum atomic E-state index is 11.8. The van der Waals surface area contributed by atoms with Crippen LogP contribution in [0, 0.1) is 0 Å². The molecule has 1 aliphatic heterocycles. The van der Waals surface area contributed by atoms with E-state index in [9.17, 15) is 13.2 Å². The topological polar surface area (TPSA) is 93.4 Å². The predicted molar refractivity (Wildman–Crippen MR) is 53.5 cm³/mol. The van der Waals surface area contributed by atoms with Gasteiger partial charge in [-0.25, -0.2) is 13.0 Å². The first-order valence-corrected chi connectivity index (χ1v) is 6.57. The van der Waals surface area contributed by atoms with Crippen molar-refractivity contribution in [2.75, 3.05) is 18.6 Å². The third-order valence-electron chi connectivity index (χ3n) is 2.66. The summed E-state index contributed by atoms with van der Waals surface area (Å²) in [6.45, 7) is 0. The molecule has 7 nitrogen and oxygen atoms in total. The molecule has 0 bridgehead atoms. The summed E-state index contributed by atoms with van der Waals surface area (Å²) in [5.41, 5.74) is 0.0896. The molecule has 0 saturated carbocycles. The fourth-order valence-corrected chi connectivity index (χ4v) is 3.46. The van der Waals surface area contributed by atoms with Crippen molar-refractivity contribution in [3.05, 3.63) is 11.9 Å². The molecular weight excluding hydrogens is 234 g/mol. The quantitative estimate of drug-likeness (QED) is 0.686. The Balaban J connectivity index is 2.09. The highest BCUT2D eigenvalue weighted by Gasteiger charge is 2.33. The lowest BCUT2D eigenvalue weighted by Gasteiger charge is -2.21. The van der Waals surface area contributed by atoms with Crippen LogP contribution in [0.5, 0.6) is 0 Å². The highest BCUT2D eigenvalue weighted by atomic mass is 32.2. The number of carbonyl (C=O) groups is 1. The molecule has 88 valence electrons. The molecule has 0 radical (unpaired) electrons. The molecule has 0 spiro atoms. The van der Waals surface area contributed by atoms with Crippen LogP contribution in [0.1, 0.15) is 16.9 Å². The average Bonchev–Trinajstić information content (AvgIpc) is 2.84. The molecule has 0 aromatic carbocycles. The van der Waals surface area contributed by atoms with Gasteiger partial charge in [0.1, 0.15) is 6.20 Å². The second kappa shape index (κ2) is 3.85. The monoisotopic (exact) mass is 245 g/mol. The standard InChI is InChI=1S/C8H11N3O4S/c1-11(6-2-3-16(13,14)5-6)8(12)7-4-9-15-10-7/h4,6H,2-3,5H2,1H3. The van der Waals surface area contributed by atoms with Crippen molar-refractivity contribution in [2.24, 2.45) is 0 Å². The third kappa shape index (κ3) is 2.06. The molecule has 1 atom stereocenters. The van der Waals surface area contributed by atoms with E-state index in [4.69, 9.17) is 0 Å². The molecule has 16 heavy (non-hydrogen) atoms. The first-order chi connectivity index (χ1) is 7.49. The van der Waals surface area contributed by atoms with E-state index < -0.39 is 9.84 Å². The zero-order valence-electron chi connectivity index (χ0n) is 8.66. The number of aromatic nitrogens is 2. The smallest absolute Gasteiger partial charge is 0.277 e. The van der Waals surface area contributed by atoms with Crippen LogP contribution in [0.15, 0.2) is 10.8 Å². The molecule has 8 heteroatoms. The first-order valence-electron chi connectivity index (χ1n) is 4.75. The SMILES string of the molecule is CN(C(=O)c1cnon1)C1CCS(=O)(=O)C1. The van der Waals surface area contributed by atoms with Gasteiger partial charge >= 0.3 is 0 Å². The van der Waals surface area contributed by atoms with Crippen LogP contribution >= 0.6 is 0 Å². The highest BCUT2D eigenvalue weighted by Crippen LogP contribution is 2.17. The van der Waals surface area contributed by atoms with Crippen LogP contribution in [0.3, 0.4) is 0 Å². The summed E-state index contributed by atoms with van der Waals surface area (Å²) in [7, 11) is -1.44. The lowest BCUT2D eigenvalue weighted by atomic mass is 10.2. The number of hydrogen-bond acceptors (Lipinski definition) is 6. The van der Waals surface area contributed by atoms with Gasteiger partial charge in [0.05, 0.1) is 11.5 Å². The number of rotatable bonds is 2. The van der Waals surface area contributed by atoms with Crippen LogP contribution < -0.4 is 0 Å². The molecule has 1 unspecified atom stereocenters. The normalized spacial score (nSPS) is 23.2. The summed E-state index contributed by atoms with van der Waals surface area (Å²) in [6.07, 6.45) is 1.68. The minimum Gasteiger partial charge on any atom is -0.336 e. The van der Waals surface area contributed by atoms with E-state index >= 15 is 0 Å². The molecule has 1 aromatic heterocycles. The van der Waals surface area contributed by atoms with E-state index in [1.54, 1.807) is 7.05 Å². The Bertz CT molecular complexity index is 481. The van der Waals surface area contributed by atoms with Crippen LogP contribution in [-0.2, 0) is 9.84 Å². The van der Waals surface area contributed by atoms with Gasteiger partial charge in [-0.1, -0.05) is 5.16 Å². The molecule has 1 amide bonds. The molecule has 0 aliphatic carbocycles. The minimum atomic E-state index is -3.00. The van der Waals surface area contributed by atoms with E-state index in [0.29, 0.717) is 6.42 Å². The Kier molecular flexibility index (Phi) is 2.66. The van der Waals surface area contributed by atoms with E-state index in [1.165, 1.54) is 11.1 Å². The van der Waals surface area contributed by atoms with Crippen molar-refractivity contribution in [1.29, 1.82) is 0 Å². The van der Waals surface area contributed by atoms with Crippen LogP contribution in [0.2, 0.25) is 0 Å². The number of sulfone groups is 1. The highest BCUT2D eigenvalue weighted by molar-refractivity contribution is 7.91. The second-order valence-electron chi connectivity index (χ2n) is 3.77. The molecule has 1 aliphatic rings. The van der Waals surface area contributed by atoms with E-state index in [2.05, 4.69) is 14.9 Å². The Morgan fingerprint density at radius 2 is 2.38 bits per heavy atom. The molecule has 1 saturated heterocycles. The van der Waals surface area contributed by atoms with Crippen molar-refractivity contribution in [3.63, 3.8) is 0 Å². The van der Waals surface area contributed by atoms with Crippen molar-refractivity contribution in [1.82, 2.24) is 15.2 Å². The van der Waals surface area contributed by atoms with Crippen molar-refractivity contribution >= 4 is 15.7 Å². The Morgan fingerprint density at radius 1 is 1.62 bits per heavy atom. The molecule has 2 heterocycles. The van der Waals surface area contributed by atoms with Gasteiger partial charge < -0.3 is 4.90 Å². The predicted octanol–water partition coefficient (Wildman–Crippen LogP) is -0.671. The fourth-order valence-electron chi connectivity index (χ4n) is 1.69. The zero-order valence-corrected chi connectivity index (χ0v) is 9.48. The maximum Gasteiger partial charge on any atom is 0.277 e. The van der Waals surface area contributed by atoms with Gasteiger partial charge in [0.2, 0.25) is 0 Å². The van der Waals surface area contributed by atoms with Crippen LogP contribution in [0.25, 0.3) is 0 Å². The summed E-state index contributed by atoms with van der Waals surface area (Å²) in [5.74, 6) is -0.226. The van der Waals surface area contributed by atoms with Gasteiger partial charge in [0.15, 0.2) is 15.5 Å². The van der Waals surface area contributed by atoms with Crippen LogP contribution in [0.4, 0.5) is 0 Å². The van der Waals surface area contributed by atoms with Gasteiger partial charge in [-0.3, -0.25) is 4.79 Å².